The van der Waals surface area contributed by atoms with Crippen molar-refractivity contribution < 1.29 is 24.4 Å². The van der Waals surface area contributed by atoms with Crippen LogP contribution in [0.1, 0.15) is 46.0 Å². The molecule has 172 valence electrons. The van der Waals surface area contributed by atoms with Gasteiger partial charge >= 0.3 is 0 Å². The summed E-state index contributed by atoms with van der Waals surface area (Å²) in [5.74, 6) is -0.0542. The third-order valence-corrected chi connectivity index (χ3v) is 5.96. The highest BCUT2D eigenvalue weighted by Crippen LogP contribution is 2.27. The van der Waals surface area contributed by atoms with Crippen LogP contribution in [0.15, 0.2) is 0 Å². The van der Waals surface area contributed by atoms with Crippen LogP contribution in [-0.4, -0.2) is 85.3 Å². The normalized spacial score (nSPS) is 36.5. The van der Waals surface area contributed by atoms with Crippen LogP contribution in [0.25, 0.3) is 0 Å². The maximum atomic E-state index is 10.8. The zero-order valence-corrected chi connectivity index (χ0v) is 17.9. The summed E-state index contributed by atoms with van der Waals surface area (Å²) in [4.78, 5) is 0. The van der Waals surface area contributed by atoms with Crippen LogP contribution < -0.4 is 22.5 Å². The third kappa shape index (κ3) is 8.01. The minimum absolute atomic E-state index is 0.0161. The van der Waals surface area contributed by atoms with E-state index in [4.69, 9.17) is 31.4 Å². The highest BCUT2D eigenvalue weighted by Gasteiger charge is 2.35. The molecule has 0 radical (unpaired) electrons. The van der Waals surface area contributed by atoms with Gasteiger partial charge < -0.3 is 46.9 Å². The second-order valence-corrected chi connectivity index (χ2v) is 8.70. The summed E-state index contributed by atoms with van der Waals surface area (Å²) in [6.07, 6.45) is 1.83. The highest BCUT2D eigenvalue weighted by atomic mass is 16.7. The Morgan fingerprint density at radius 1 is 1.10 bits per heavy atom. The topological polar surface area (TPSA) is 158 Å². The number of aliphatic hydroxyl groups excluding tert-OH is 2. The van der Waals surface area contributed by atoms with Crippen LogP contribution >= 0.6 is 0 Å². The molecule has 0 amide bonds. The third-order valence-electron chi connectivity index (χ3n) is 5.96. The predicted molar refractivity (Wildman–Crippen MR) is 111 cm³/mol. The highest BCUT2D eigenvalue weighted by molar-refractivity contribution is 4.84. The van der Waals surface area contributed by atoms with Gasteiger partial charge in [-0.3, -0.25) is 0 Å². The molecule has 0 aromatic rings. The van der Waals surface area contributed by atoms with Gasteiger partial charge in [0.15, 0.2) is 6.29 Å². The zero-order chi connectivity index (χ0) is 21.4. The van der Waals surface area contributed by atoms with E-state index in [1.54, 1.807) is 0 Å². The molecule has 2 aliphatic rings. The lowest BCUT2D eigenvalue weighted by atomic mass is 9.89. The lowest BCUT2D eigenvalue weighted by molar-refractivity contribution is -0.236. The smallest absolute Gasteiger partial charge is 0.173 e. The maximum Gasteiger partial charge on any atom is 0.173 e. The van der Waals surface area contributed by atoms with Crippen LogP contribution in [0, 0.1) is 5.92 Å². The van der Waals surface area contributed by atoms with Crippen molar-refractivity contribution in [2.75, 3.05) is 26.2 Å². The molecule has 2 heterocycles. The van der Waals surface area contributed by atoms with Gasteiger partial charge in [0.1, 0.15) is 0 Å². The average Bonchev–Trinajstić information content (AvgIpc) is 2.69. The summed E-state index contributed by atoms with van der Waals surface area (Å²) in [7, 11) is 0. The molecule has 0 saturated carbocycles. The Kier molecular flexibility index (Phi) is 10.7. The molecular formula is C20H42N4O5. The minimum atomic E-state index is -0.684. The van der Waals surface area contributed by atoms with Gasteiger partial charge in [0.25, 0.3) is 0 Å². The largest absolute Gasteiger partial charge is 0.394 e. The lowest BCUT2D eigenvalue weighted by Crippen LogP contribution is -2.51. The fraction of sp³-hybridized carbons (Fsp3) is 1.00. The molecule has 29 heavy (non-hydrogen) atoms. The first-order valence-corrected chi connectivity index (χ1v) is 11.0. The second kappa shape index (κ2) is 12.5. The van der Waals surface area contributed by atoms with Crippen LogP contribution in [-0.2, 0) is 14.2 Å². The van der Waals surface area contributed by atoms with E-state index in [0.29, 0.717) is 25.9 Å². The van der Waals surface area contributed by atoms with Gasteiger partial charge in [-0.1, -0.05) is 6.92 Å². The molecule has 9 heteroatoms. The van der Waals surface area contributed by atoms with E-state index in [2.05, 4.69) is 5.32 Å². The van der Waals surface area contributed by atoms with Gasteiger partial charge in [-0.2, -0.15) is 0 Å². The van der Waals surface area contributed by atoms with E-state index in [1.807, 2.05) is 13.8 Å². The number of rotatable bonds is 11. The Labute approximate surface area is 174 Å². The summed E-state index contributed by atoms with van der Waals surface area (Å²) >= 11 is 0. The Morgan fingerprint density at radius 2 is 1.83 bits per heavy atom. The summed E-state index contributed by atoms with van der Waals surface area (Å²) in [6.45, 7) is 5.83. The fourth-order valence-corrected chi connectivity index (χ4v) is 4.25. The molecule has 9 nitrogen and oxygen atoms in total. The van der Waals surface area contributed by atoms with Gasteiger partial charge in [-0.15, -0.1) is 0 Å². The van der Waals surface area contributed by atoms with Crippen molar-refractivity contribution in [1.29, 1.82) is 0 Å². The first-order valence-electron chi connectivity index (χ1n) is 11.0. The predicted octanol–water partition coefficient (Wildman–Crippen LogP) is -0.973. The first-order chi connectivity index (χ1) is 13.8. The van der Waals surface area contributed by atoms with E-state index in [9.17, 15) is 10.2 Å². The van der Waals surface area contributed by atoms with E-state index < -0.39 is 18.5 Å². The first kappa shape index (κ1) is 24.9. The molecule has 0 aromatic heterocycles. The molecule has 0 aliphatic carbocycles. The number of nitrogens with two attached hydrogens (primary N) is 3. The Bertz CT molecular complexity index is 461. The van der Waals surface area contributed by atoms with E-state index >= 15 is 0 Å². The van der Waals surface area contributed by atoms with Crippen molar-refractivity contribution in [1.82, 2.24) is 5.32 Å². The van der Waals surface area contributed by atoms with Crippen molar-refractivity contribution in [3.8, 4) is 0 Å². The molecule has 0 aromatic carbocycles. The summed E-state index contributed by atoms with van der Waals surface area (Å²) in [5.41, 5.74) is 17.8. The van der Waals surface area contributed by atoms with Crippen LogP contribution in [0.3, 0.4) is 0 Å². The van der Waals surface area contributed by atoms with E-state index in [-0.39, 0.29) is 42.9 Å². The van der Waals surface area contributed by atoms with Gasteiger partial charge in [0.05, 0.1) is 43.2 Å². The summed E-state index contributed by atoms with van der Waals surface area (Å²) in [5, 5.41) is 23.4. The fourth-order valence-electron chi connectivity index (χ4n) is 4.25. The van der Waals surface area contributed by atoms with Crippen molar-refractivity contribution in [3.63, 3.8) is 0 Å². The molecule has 2 aliphatic heterocycles. The van der Waals surface area contributed by atoms with Crippen LogP contribution in [0.2, 0.25) is 0 Å². The van der Waals surface area contributed by atoms with Crippen molar-refractivity contribution >= 4 is 0 Å². The molecule has 2 saturated heterocycles. The van der Waals surface area contributed by atoms with Gasteiger partial charge in [0, 0.05) is 25.7 Å². The Hall–Kier alpha value is -0.360. The van der Waals surface area contributed by atoms with Gasteiger partial charge in [-0.05, 0) is 44.9 Å². The van der Waals surface area contributed by atoms with E-state index in [0.717, 1.165) is 25.8 Å². The van der Waals surface area contributed by atoms with Gasteiger partial charge in [-0.25, -0.2) is 0 Å². The molecule has 9 atom stereocenters. The minimum Gasteiger partial charge on any atom is -0.394 e. The standard InChI is InChI=1S/C20H42N4O5/c1-12(7-16-8-14(22)9-17(11-25)28-16)19(26)13(2)27-20-18(23)4-3-15(29-20)10-24-6-5-21/h12-20,24-26H,3-11,21-23H2,1-2H3. The van der Waals surface area contributed by atoms with Crippen molar-refractivity contribution in [2.24, 2.45) is 23.1 Å². The maximum absolute atomic E-state index is 10.8. The summed E-state index contributed by atoms with van der Waals surface area (Å²) < 4.78 is 17.9. The Balaban J connectivity index is 1.80. The Morgan fingerprint density at radius 3 is 2.52 bits per heavy atom. The van der Waals surface area contributed by atoms with Crippen LogP contribution in [0.4, 0.5) is 0 Å². The number of aliphatic hydroxyl groups is 2. The number of nitrogens with one attached hydrogen (secondary N) is 1. The number of ether oxygens (including phenoxy) is 3. The average molecular weight is 419 g/mol. The quantitative estimate of drug-likeness (QED) is 0.232. The van der Waals surface area contributed by atoms with Gasteiger partial charge in [0.2, 0.25) is 0 Å². The molecule has 2 fully saturated rings. The number of hydrogen-bond donors (Lipinski definition) is 6. The molecule has 2 rings (SSSR count). The second-order valence-electron chi connectivity index (χ2n) is 8.70. The molecule has 9 unspecified atom stereocenters. The molecule has 0 spiro atoms. The molecule has 0 bridgehead atoms. The van der Waals surface area contributed by atoms with E-state index in [1.165, 1.54) is 0 Å². The SMILES string of the molecule is CC(CC1CC(N)CC(CO)O1)C(O)C(C)OC1OC(CNCCN)CCC1N. The number of hydrogen-bond acceptors (Lipinski definition) is 9. The zero-order valence-electron chi connectivity index (χ0n) is 17.9. The summed E-state index contributed by atoms with van der Waals surface area (Å²) in [6, 6.07) is -0.196. The van der Waals surface area contributed by atoms with Crippen molar-refractivity contribution in [3.05, 3.63) is 0 Å². The van der Waals surface area contributed by atoms with Crippen molar-refractivity contribution in [2.45, 2.75) is 94.8 Å². The monoisotopic (exact) mass is 418 g/mol. The molecular weight excluding hydrogens is 376 g/mol. The van der Waals surface area contributed by atoms with Crippen LogP contribution in [0.5, 0.6) is 0 Å². The molecule has 9 N–H and O–H groups in total. The lowest BCUT2D eigenvalue weighted by Gasteiger charge is -2.38.